The summed E-state index contributed by atoms with van der Waals surface area (Å²) in [5.74, 6) is 0.693. The van der Waals surface area contributed by atoms with Gasteiger partial charge >= 0.3 is 0 Å². The van der Waals surface area contributed by atoms with E-state index < -0.39 is 0 Å². The first-order valence-corrected chi connectivity index (χ1v) is 22.8. The summed E-state index contributed by atoms with van der Waals surface area (Å²) in [5.41, 5.74) is 19.5. The van der Waals surface area contributed by atoms with E-state index in [-0.39, 0.29) is 5.41 Å². The van der Waals surface area contributed by atoms with Crippen LogP contribution in [0.5, 0.6) is 0 Å². The molecule has 9 aromatic carbocycles. The van der Waals surface area contributed by atoms with Crippen molar-refractivity contribution in [1.82, 2.24) is 9.97 Å². The van der Waals surface area contributed by atoms with Crippen molar-refractivity contribution in [2.75, 3.05) is 0 Å². The second kappa shape index (κ2) is 15.3. The summed E-state index contributed by atoms with van der Waals surface area (Å²) in [5, 5.41) is 2.57. The molecule has 0 aliphatic heterocycles. The molecule has 0 saturated carbocycles. The second-order valence-electron chi connectivity index (χ2n) is 17.3. The predicted octanol–water partition coefficient (Wildman–Crippen LogP) is 16.8. The van der Waals surface area contributed by atoms with Gasteiger partial charge in [-0.25, -0.2) is 9.97 Å². The molecule has 1 aliphatic rings. The van der Waals surface area contributed by atoms with Gasteiger partial charge in [0.05, 0.1) is 11.4 Å². The first-order chi connectivity index (χ1) is 31.5. The lowest BCUT2D eigenvalue weighted by Gasteiger charge is -2.22. The smallest absolute Gasteiger partial charge is 0.160 e. The molecule has 0 radical (unpaired) electrons. The van der Waals surface area contributed by atoms with Crippen LogP contribution in [0, 0.1) is 0 Å². The Balaban J connectivity index is 1.05. The standard InChI is InChI=1S/C61H42N2S/c1-61(2)54-29-13-11-25-50(54)51-32-31-42(37-55(51)61)41-21-15-22-43(33-41)56-38-57(63-60(62-56)40-19-7-4-8-20-40)46-35-44(48-24-10-9-23-47(48)39-17-5-3-6-18-39)34-45(36-46)49-27-16-28-53-52-26-12-14-30-58(52)64-59(49)53/h3-38H,1-2H3. The highest BCUT2D eigenvalue weighted by molar-refractivity contribution is 7.26. The van der Waals surface area contributed by atoms with Crippen molar-refractivity contribution in [1.29, 1.82) is 0 Å². The van der Waals surface area contributed by atoms with Crippen LogP contribution in [0.3, 0.4) is 0 Å². The predicted molar refractivity (Wildman–Crippen MR) is 271 cm³/mol. The van der Waals surface area contributed by atoms with E-state index in [0.29, 0.717) is 5.82 Å². The normalized spacial score (nSPS) is 12.7. The first kappa shape index (κ1) is 38.0. The summed E-state index contributed by atoms with van der Waals surface area (Å²) in [4.78, 5) is 10.7. The summed E-state index contributed by atoms with van der Waals surface area (Å²) in [6.45, 7) is 4.68. The lowest BCUT2D eigenvalue weighted by molar-refractivity contribution is 0.660. The van der Waals surface area contributed by atoms with Crippen LogP contribution in [0.4, 0.5) is 0 Å². The summed E-state index contributed by atoms with van der Waals surface area (Å²) in [6, 6.07) is 79.1. The third kappa shape index (κ3) is 6.47. The average molecular weight is 835 g/mol. The zero-order chi connectivity index (χ0) is 42.8. The summed E-state index contributed by atoms with van der Waals surface area (Å²) < 4.78 is 2.58. The molecule has 0 spiro atoms. The molecule has 2 aromatic heterocycles. The lowest BCUT2D eigenvalue weighted by atomic mass is 9.81. The van der Waals surface area contributed by atoms with E-state index >= 15 is 0 Å². The Morgan fingerprint density at radius 1 is 0.328 bits per heavy atom. The number of nitrogens with zero attached hydrogens (tertiary/aromatic N) is 2. The summed E-state index contributed by atoms with van der Waals surface area (Å²) >= 11 is 1.86. The highest BCUT2D eigenvalue weighted by Crippen LogP contribution is 2.50. The molecule has 302 valence electrons. The van der Waals surface area contributed by atoms with Crippen molar-refractivity contribution in [2.45, 2.75) is 19.3 Å². The van der Waals surface area contributed by atoms with Crippen LogP contribution in [0.1, 0.15) is 25.0 Å². The molecule has 0 amide bonds. The number of rotatable bonds is 7. The molecule has 0 bridgehead atoms. The molecule has 0 fully saturated rings. The summed E-state index contributed by atoms with van der Waals surface area (Å²) in [6.07, 6.45) is 0. The van der Waals surface area contributed by atoms with E-state index in [4.69, 9.17) is 9.97 Å². The quantitative estimate of drug-likeness (QED) is 0.160. The van der Waals surface area contributed by atoms with E-state index in [1.54, 1.807) is 0 Å². The molecule has 1 aliphatic carbocycles. The molecular formula is C61H42N2S. The lowest BCUT2D eigenvalue weighted by Crippen LogP contribution is -2.14. The molecular weight excluding hydrogens is 793 g/mol. The molecule has 2 heterocycles. The molecule has 0 atom stereocenters. The molecule has 12 rings (SSSR count). The number of hydrogen-bond acceptors (Lipinski definition) is 3. The zero-order valence-electron chi connectivity index (χ0n) is 35.6. The Hall–Kier alpha value is -7.72. The highest BCUT2D eigenvalue weighted by Gasteiger charge is 2.35. The minimum absolute atomic E-state index is 0.0802. The van der Waals surface area contributed by atoms with Crippen LogP contribution in [0.2, 0.25) is 0 Å². The van der Waals surface area contributed by atoms with Crippen LogP contribution < -0.4 is 0 Å². The fourth-order valence-corrected chi connectivity index (χ4v) is 11.1. The monoisotopic (exact) mass is 834 g/mol. The number of fused-ring (bicyclic) bond motifs is 6. The minimum Gasteiger partial charge on any atom is -0.228 e. The maximum atomic E-state index is 5.39. The van der Waals surface area contributed by atoms with Gasteiger partial charge in [-0.3, -0.25) is 0 Å². The van der Waals surface area contributed by atoms with Crippen LogP contribution in [-0.4, -0.2) is 9.97 Å². The van der Waals surface area contributed by atoms with Crippen molar-refractivity contribution in [2.24, 2.45) is 0 Å². The van der Waals surface area contributed by atoms with Gasteiger partial charge < -0.3 is 0 Å². The van der Waals surface area contributed by atoms with Crippen molar-refractivity contribution in [3.8, 4) is 89.5 Å². The molecule has 3 heteroatoms. The Morgan fingerprint density at radius 2 is 0.844 bits per heavy atom. The van der Waals surface area contributed by atoms with Gasteiger partial charge in [0.2, 0.25) is 0 Å². The van der Waals surface area contributed by atoms with E-state index in [2.05, 4.69) is 226 Å². The molecule has 0 unspecified atom stereocenters. The average Bonchev–Trinajstić information content (AvgIpc) is 3.86. The third-order valence-corrected chi connectivity index (χ3v) is 14.3. The molecule has 2 nitrogen and oxygen atoms in total. The van der Waals surface area contributed by atoms with E-state index in [9.17, 15) is 0 Å². The van der Waals surface area contributed by atoms with Gasteiger partial charge in [0.1, 0.15) is 0 Å². The van der Waals surface area contributed by atoms with E-state index in [1.807, 2.05) is 17.4 Å². The number of hydrogen-bond donors (Lipinski definition) is 0. The van der Waals surface area contributed by atoms with Gasteiger partial charge in [0, 0.05) is 42.3 Å². The first-order valence-electron chi connectivity index (χ1n) is 22.0. The Labute approximate surface area is 377 Å². The maximum Gasteiger partial charge on any atom is 0.160 e. The van der Waals surface area contributed by atoms with Gasteiger partial charge in [-0.2, -0.15) is 0 Å². The van der Waals surface area contributed by atoms with Crippen molar-refractivity contribution in [3.05, 3.63) is 230 Å². The number of benzene rings is 9. The van der Waals surface area contributed by atoms with Gasteiger partial charge in [0.25, 0.3) is 0 Å². The number of thiophene rings is 1. The van der Waals surface area contributed by atoms with Crippen LogP contribution >= 0.6 is 11.3 Å². The van der Waals surface area contributed by atoms with Crippen LogP contribution in [0.25, 0.3) is 110 Å². The van der Waals surface area contributed by atoms with Crippen molar-refractivity contribution >= 4 is 31.5 Å². The maximum absolute atomic E-state index is 5.39. The van der Waals surface area contributed by atoms with Crippen LogP contribution in [0.15, 0.2) is 218 Å². The van der Waals surface area contributed by atoms with Crippen molar-refractivity contribution in [3.63, 3.8) is 0 Å². The third-order valence-electron chi connectivity index (χ3n) is 13.1. The van der Waals surface area contributed by atoms with Crippen LogP contribution in [-0.2, 0) is 5.41 Å². The van der Waals surface area contributed by atoms with Crippen molar-refractivity contribution < 1.29 is 0 Å². The number of aromatic nitrogens is 2. The molecule has 0 N–H and O–H groups in total. The Kier molecular flexibility index (Phi) is 9.06. The second-order valence-corrected chi connectivity index (χ2v) is 18.4. The molecule has 0 saturated heterocycles. The minimum atomic E-state index is -0.0802. The van der Waals surface area contributed by atoms with E-state index in [0.717, 1.165) is 44.8 Å². The zero-order valence-corrected chi connectivity index (χ0v) is 36.4. The SMILES string of the molecule is CC1(C)c2ccccc2-c2ccc(-c3cccc(-c4cc(-c5cc(-c6ccccc6-c6ccccc6)cc(-c6cccc7c6sc6ccccc67)c5)nc(-c5ccccc5)n4)c3)cc21. The molecule has 64 heavy (non-hydrogen) atoms. The largest absolute Gasteiger partial charge is 0.228 e. The van der Waals surface area contributed by atoms with Gasteiger partial charge in [0.15, 0.2) is 5.82 Å². The van der Waals surface area contributed by atoms with E-state index in [1.165, 1.54) is 70.2 Å². The van der Waals surface area contributed by atoms with Gasteiger partial charge in [-0.1, -0.05) is 190 Å². The summed E-state index contributed by atoms with van der Waals surface area (Å²) in [7, 11) is 0. The van der Waals surface area contributed by atoms with Gasteiger partial charge in [-0.05, 0) is 109 Å². The fourth-order valence-electron chi connectivity index (χ4n) is 9.87. The highest BCUT2D eigenvalue weighted by atomic mass is 32.1. The Bertz CT molecular complexity index is 3580. The van der Waals surface area contributed by atoms with Gasteiger partial charge in [-0.15, -0.1) is 11.3 Å². The Morgan fingerprint density at radius 3 is 1.64 bits per heavy atom. The topological polar surface area (TPSA) is 25.8 Å². The fraction of sp³-hybridized carbons (Fsp3) is 0.0492. The molecule has 11 aromatic rings.